The van der Waals surface area contributed by atoms with Gasteiger partial charge in [-0.25, -0.2) is 4.79 Å². The van der Waals surface area contributed by atoms with Gasteiger partial charge in [0.05, 0.1) is 10.4 Å². The second-order valence-electron chi connectivity index (χ2n) is 5.58. The van der Waals surface area contributed by atoms with E-state index in [1.807, 2.05) is 0 Å². The molecule has 8 nitrogen and oxygen atoms in total. The number of anilines is 1. The number of benzene rings is 2. The molecule has 0 bridgehead atoms. The Bertz CT molecular complexity index is 1020. The molecule has 0 spiro atoms. The van der Waals surface area contributed by atoms with Gasteiger partial charge in [-0.15, -0.1) is 0 Å². The van der Waals surface area contributed by atoms with Crippen LogP contribution in [0.5, 0.6) is 0 Å². The number of fused-ring (bicyclic) bond motifs is 1. The Morgan fingerprint density at radius 3 is 2.84 bits per heavy atom. The first-order valence-corrected chi connectivity index (χ1v) is 7.57. The third-order valence-corrected chi connectivity index (χ3v) is 3.84. The van der Waals surface area contributed by atoms with Crippen LogP contribution in [0, 0.1) is 10.1 Å². The zero-order valence-corrected chi connectivity index (χ0v) is 13.4. The number of nitrogens with one attached hydrogen (secondary N) is 1. The lowest BCUT2D eigenvalue weighted by Crippen LogP contribution is -2.12. The van der Waals surface area contributed by atoms with Crippen LogP contribution in [0.4, 0.5) is 11.4 Å². The molecule has 3 rings (SSSR count). The third kappa shape index (κ3) is 3.57. The number of aryl methyl sites for hydroxylation is 2. The minimum atomic E-state index is -0.468. The first-order valence-electron chi connectivity index (χ1n) is 7.57. The highest BCUT2D eigenvalue weighted by Crippen LogP contribution is 2.18. The van der Waals surface area contributed by atoms with Crippen molar-refractivity contribution in [2.24, 2.45) is 7.05 Å². The normalized spacial score (nSPS) is 10.8. The number of hydrogen-bond donors (Lipinski definition) is 1. The molecule has 0 saturated carbocycles. The van der Waals surface area contributed by atoms with Gasteiger partial charge < -0.3 is 9.73 Å². The maximum atomic E-state index is 12.1. The number of carbonyl (C=O) groups excluding carboxylic acids is 1. The Morgan fingerprint density at radius 2 is 2.08 bits per heavy atom. The molecule has 0 unspecified atom stereocenters. The van der Waals surface area contributed by atoms with Crippen LogP contribution in [0.3, 0.4) is 0 Å². The van der Waals surface area contributed by atoms with Crippen molar-refractivity contribution in [3.05, 3.63) is 68.7 Å². The third-order valence-electron chi connectivity index (χ3n) is 3.84. The molecule has 0 aliphatic carbocycles. The lowest BCUT2D eigenvalue weighted by molar-refractivity contribution is -0.384. The summed E-state index contributed by atoms with van der Waals surface area (Å²) in [6.45, 7) is 0. The lowest BCUT2D eigenvalue weighted by atomic mass is 10.1. The molecular formula is C17H15N3O5. The van der Waals surface area contributed by atoms with E-state index in [-0.39, 0.29) is 18.0 Å². The Kier molecular flexibility index (Phi) is 4.34. The molecule has 0 aliphatic rings. The highest BCUT2D eigenvalue weighted by molar-refractivity contribution is 5.92. The topological polar surface area (TPSA) is 107 Å². The van der Waals surface area contributed by atoms with Gasteiger partial charge in [0.2, 0.25) is 5.91 Å². The van der Waals surface area contributed by atoms with Gasteiger partial charge >= 0.3 is 5.76 Å². The molecule has 0 radical (unpaired) electrons. The second kappa shape index (κ2) is 6.60. The molecule has 0 aliphatic heterocycles. The molecule has 1 amide bonds. The van der Waals surface area contributed by atoms with Crippen molar-refractivity contribution in [2.75, 3.05) is 5.32 Å². The van der Waals surface area contributed by atoms with Gasteiger partial charge in [0.1, 0.15) is 0 Å². The fraction of sp³-hybridized carbons (Fsp3) is 0.176. The van der Waals surface area contributed by atoms with Crippen molar-refractivity contribution >= 4 is 28.4 Å². The molecular weight excluding hydrogens is 326 g/mol. The number of nitro benzene ring substituents is 1. The maximum Gasteiger partial charge on any atom is 0.419 e. The molecule has 1 N–H and O–H groups in total. The monoisotopic (exact) mass is 341 g/mol. The summed E-state index contributed by atoms with van der Waals surface area (Å²) >= 11 is 0. The Balaban J connectivity index is 1.66. The van der Waals surface area contributed by atoms with Gasteiger partial charge in [-0.3, -0.25) is 19.5 Å². The SMILES string of the molecule is Cn1c(=O)oc2ccc(NC(=O)CCc3cccc([N+](=O)[O-])c3)cc21. The number of carbonyl (C=O) groups is 1. The van der Waals surface area contributed by atoms with Crippen molar-refractivity contribution in [3.63, 3.8) is 0 Å². The molecule has 8 heteroatoms. The van der Waals surface area contributed by atoms with Crippen molar-refractivity contribution in [1.82, 2.24) is 4.57 Å². The van der Waals surface area contributed by atoms with Crippen LogP contribution in [0.2, 0.25) is 0 Å². The molecule has 2 aromatic carbocycles. The van der Waals surface area contributed by atoms with Gasteiger partial charge in [-0.05, 0) is 30.2 Å². The molecule has 0 atom stereocenters. The van der Waals surface area contributed by atoms with Crippen LogP contribution in [0.25, 0.3) is 11.1 Å². The van der Waals surface area contributed by atoms with Gasteiger partial charge in [0.15, 0.2) is 5.58 Å². The minimum Gasteiger partial charge on any atom is -0.408 e. The highest BCUT2D eigenvalue weighted by atomic mass is 16.6. The summed E-state index contributed by atoms with van der Waals surface area (Å²) < 4.78 is 6.39. The number of nitro groups is 1. The van der Waals surface area contributed by atoms with Crippen molar-refractivity contribution in [2.45, 2.75) is 12.8 Å². The van der Waals surface area contributed by atoms with E-state index < -0.39 is 10.7 Å². The van der Waals surface area contributed by atoms with E-state index in [2.05, 4.69) is 5.32 Å². The molecule has 0 fully saturated rings. The van der Waals surface area contributed by atoms with E-state index >= 15 is 0 Å². The number of amides is 1. The van der Waals surface area contributed by atoms with Crippen LogP contribution >= 0.6 is 0 Å². The van der Waals surface area contributed by atoms with Crippen LogP contribution in [0.15, 0.2) is 51.7 Å². The van der Waals surface area contributed by atoms with Crippen LogP contribution < -0.4 is 11.1 Å². The van der Waals surface area contributed by atoms with Crippen LogP contribution in [-0.4, -0.2) is 15.4 Å². The summed E-state index contributed by atoms with van der Waals surface area (Å²) in [6, 6.07) is 11.1. The van der Waals surface area contributed by atoms with E-state index in [1.54, 1.807) is 37.4 Å². The first kappa shape index (κ1) is 16.4. The van der Waals surface area contributed by atoms with Gasteiger partial charge in [-0.2, -0.15) is 0 Å². The predicted octanol–water partition coefficient (Wildman–Crippen LogP) is 2.61. The van der Waals surface area contributed by atoms with Crippen molar-refractivity contribution < 1.29 is 14.1 Å². The largest absolute Gasteiger partial charge is 0.419 e. The summed E-state index contributed by atoms with van der Waals surface area (Å²) in [5.41, 5.74) is 2.30. The smallest absolute Gasteiger partial charge is 0.408 e. The van der Waals surface area contributed by atoms with Crippen molar-refractivity contribution in [3.8, 4) is 0 Å². The maximum absolute atomic E-state index is 12.1. The van der Waals surface area contributed by atoms with E-state index in [4.69, 9.17) is 4.42 Å². The number of rotatable bonds is 5. The van der Waals surface area contributed by atoms with Gasteiger partial charge in [0.25, 0.3) is 5.69 Å². The zero-order chi connectivity index (χ0) is 18.0. The van der Waals surface area contributed by atoms with Gasteiger partial charge in [-0.1, -0.05) is 12.1 Å². The van der Waals surface area contributed by atoms with Crippen LogP contribution in [-0.2, 0) is 18.3 Å². The van der Waals surface area contributed by atoms with E-state index in [0.29, 0.717) is 23.2 Å². The molecule has 128 valence electrons. The molecule has 0 saturated heterocycles. The van der Waals surface area contributed by atoms with E-state index in [9.17, 15) is 19.7 Å². The van der Waals surface area contributed by atoms with Crippen molar-refractivity contribution in [1.29, 1.82) is 0 Å². The number of non-ortho nitro benzene ring substituents is 1. The Hall–Kier alpha value is -3.42. The Morgan fingerprint density at radius 1 is 1.28 bits per heavy atom. The van der Waals surface area contributed by atoms with E-state index in [0.717, 1.165) is 5.56 Å². The fourth-order valence-electron chi connectivity index (χ4n) is 2.51. The summed E-state index contributed by atoms with van der Waals surface area (Å²) in [5.74, 6) is -0.691. The standard InChI is InChI=1S/C17H15N3O5/c1-19-14-10-12(6-7-15(14)25-17(19)22)18-16(21)8-5-11-3-2-4-13(9-11)20(23)24/h2-4,6-7,9-10H,5,8H2,1H3,(H,18,21). The second-order valence-corrected chi connectivity index (χ2v) is 5.58. The highest BCUT2D eigenvalue weighted by Gasteiger charge is 2.10. The van der Waals surface area contributed by atoms with Crippen LogP contribution in [0.1, 0.15) is 12.0 Å². The minimum absolute atomic E-state index is 0.00392. The predicted molar refractivity (Wildman–Crippen MR) is 91.5 cm³/mol. The number of hydrogen-bond acceptors (Lipinski definition) is 5. The summed E-state index contributed by atoms with van der Waals surface area (Å²) in [7, 11) is 1.59. The quantitative estimate of drug-likeness (QED) is 0.567. The summed E-state index contributed by atoms with van der Waals surface area (Å²) in [4.78, 5) is 33.9. The number of oxazole rings is 1. The average molecular weight is 341 g/mol. The fourth-order valence-corrected chi connectivity index (χ4v) is 2.51. The first-order chi connectivity index (χ1) is 11.9. The van der Waals surface area contributed by atoms with Gasteiger partial charge in [0, 0.05) is 31.3 Å². The number of nitrogens with zero attached hydrogens (tertiary/aromatic N) is 2. The molecule has 25 heavy (non-hydrogen) atoms. The molecule has 1 aromatic heterocycles. The average Bonchev–Trinajstić information content (AvgIpc) is 2.88. The molecule has 3 aromatic rings. The molecule has 1 heterocycles. The summed E-state index contributed by atoms with van der Waals surface area (Å²) in [5, 5.41) is 13.5. The Labute approximate surface area is 141 Å². The van der Waals surface area contributed by atoms with E-state index in [1.165, 1.54) is 16.7 Å². The number of aromatic nitrogens is 1. The summed E-state index contributed by atoms with van der Waals surface area (Å²) in [6.07, 6.45) is 0.573. The lowest BCUT2D eigenvalue weighted by Gasteiger charge is -2.06. The zero-order valence-electron chi connectivity index (χ0n) is 13.4.